The molecule has 0 saturated carbocycles. The van der Waals surface area contributed by atoms with E-state index in [1.165, 1.54) is 6.07 Å². The first-order valence-corrected chi connectivity index (χ1v) is 7.32. The van der Waals surface area contributed by atoms with Gasteiger partial charge in [0, 0.05) is 23.2 Å². The summed E-state index contributed by atoms with van der Waals surface area (Å²) in [5, 5.41) is 0.681. The second-order valence-corrected chi connectivity index (χ2v) is 5.74. The molecule has 0 spiro atoms. The van der Waals surface area contributed by atoms with Gasteiger partial charge in [-0.1, -0.05) is 48.0 Å². The largest absolute Gasteiger partial charge is 0.326 e. The molecule has 2 nitrogen and oxygen atoms in total. The zero-order valence-electron chi connectivity index (χ0n) is 12.3. The molecule has 2 unspecified atom stereocenters. The Morgan fingerprint density at radius 3 is 2.38 bits per heavy atom. The van der Waals surface area contributed by atoms with Gasteiger partial charge in [0.1, 0.15) is 5.82 Å². The Labute approximate surface area is 130 Å². The zero-order valence-corrected chi connectivity index (χ0v) is 13.0. The van der Waals surface area contributed by atoms with Gasteiger partial charge in [-0.3, -0.25) is 4.90 Å². The highest BCUT2D eigenvalue weighted by Gasteiger charge is 2.23. The molecule has 0 radical (unpaired) electrons. The van der Waals surface area contributed by atoms with Gasteiger partial charge in [-0.25, -0.2) is 4.39 Å². The first-order chi connectivity index (χ1) is 10.0. The number of hydrogen-bond acceptors (Lipinski definition) is 2. The minimum absolute atomic E-state index is 0.0710. The van der Waals surface area contributed by atoms with E-state index in [-0.39, 0.29) is 17.9 Å². The number of benzene rings is 2. The van der Waals surface area contributed by atoms with Crippen molar-refractivity contribution in [2.45, 2.75) is 25.6 Å². The van der Waals surface area contributed by atoms with E-state index in [0.29, 0.717) is 17.1 Å². The Balaban J connectivity index is 2.27. The molecule has 0 heterocycles. The molecule has 2 aromatic rings. The van der Waals surface area contributed by atoms with Crippen molar-refractivity contribution < 1.29 is 4.39 Å². The van der Waals surface area contributed by atoms with Gasteiger partial charge in [-0.05, 0) is 31.7 Å². The van der Waals surface area contributed by atoms with Crippen LogP contribution in [-0.2, 0) is 6.54 Å². The van der Waals surface area contributed by atoms with E-state index in [1.54, 1.807) is 12.1 Å². The van der Waals surface area contributed by atoms with Gasteiger partial charge in [-0.15, -0.1) is 0 Å². The van der Waals surface area contributed by atoms with E-state index in [4.69, 9.17) is 17.3 Å². The lowest BCUT2D eigenvalue weighted by Crippen LogP contribution is -2.37. The highest BCUT2D eigenvalue weighted by molar-refractivity contribution is 6.31. The number of halogens is 2. The van der Waals surface area contributed by atoms with Gasteiger partial charge in [0.15, 0.2) is 0 Å². The normalized spacial score (nSPS) is 14.2. The van der Waals surface area contributed by atoms with Crippen molar-refractivity contribution in [3.05, 3.63) is 70.5 Å². The van der Waals surface area contributed by atoms with Crippen LogP contribution in [0.2, 0.25) is 5.02 Å². The smallest absolute Gasteiger partial charge is 0.127 e. The van der Waals surface area contributed by atoms with Crippen LogP contribution in [0, 0.1) is 5.82 Å². The van der Waals surface area contributed by atoms with Crippen LogP contribution in [-0.4, -0.2) is 18.0 Å². The maximum Gasteiger partial charge on any atom is 0.127 e. The molecule has 0 aliphatic heterocycles. The van der Waals surface area contributed by atoms with Gasteiger partial charge in [-0.2, -0.15) is 0 Å². The highest BCUT2D eigenvalue weighted by Crippen LogP contribution is 2.29. The van der Waals surface area contributed by atoms with Crippen molar-refractivity contribution in [3.8, 4) is 0 Å². The molecule has 2 N–H and O–H groups in total. The number of nitrogens with two attached hydrogens (primary N) is 1. The fourth-order valence-corrected chi connectivity index (χ4v) is 2.88. The van der Waals surface area contributed by atoms with Crippen LogP contribution in [0.4, 0.5) is 4.39 Å². The summed E-state index contributed by atoms with van der Waals surface area (Å²) in [6.07, 6.45) is 0. The average molecular weight is 307 g/mol. The lowest BCUT2D eigenvalue weighted by Gasteiger charge is -2.32. The Kier molecular flexibility index (Phi) is 5.34. The SMILES string of the molecule is CC(N)C(c1ccccc1Cl)N(C)Cc1ccccc1F. The second-order valence-electron chi connectivity index (χ2n) is 5.33. The summed E-state index contributed by atoms with van der Waals surface area (Å²) in [5.41, 5.74) is 7.75. The summed E-state index contributed by atoms with van der Waals surface area (Å²) in [5.74, 6) is -0.202. The third-order valence-corrected chi connectivity index (χ3v) is 3.92. The topological polar surface area (TPSA) is 29.3 Å². The van der Waals surface area contributed by atoms with Crippen LogP contribution in [0.25, 0.3) is 0 Å². The molecule has 0 aliphatic carbocycles. The Morgan fingerprint density at radius 2 is 1.76 bits per heavy atom. The van der Waals surface area contributed by atoms with Crippen molar-refractivity contribution in [1.29, 1.82) is 0 Å². The standard InChI is InChI=1S/C17H20ClFN2/c1-12(20)17(14-8-4-5-9-15(14)18)21(2)11-13-7-3-6-10-16(13)19/h3-10,12,17H,11,20H2,1-2H3. The molecule has 0 aliphatic rings. The Bertz CT molecular complexity index is 601. The maximum atomic E-state index is 13.8. The number of rotatable bonds is 5. The predicted molar refractivity (Wildman–Crippen MR) is 85.7 cm³/mol. The molecule has 4 heteroatoms. The van der Waals surface area contributed by atoms with Crippen LogP contribution >= 0.6 is 11.6 Å². The third-order valence-electron chi connectivity index (χ3n) is 3.57. The Hall–Kier alpha value is -1.42. The van der Waals surface area contributed by atoms with Crippen molar-refractivity contribution in [3.63, 3.8) is 0 Å². The van der Waals surface area contributed by atoms with Crippen LogP contribution in [0.15, 0.2) is 48.5 Å². The van der Waals surface area contributed by atoms with E-state index >= 15 is 0 Å². The van der Waals surface area contributed by atoms with E-state index in [9.17, 15) is 4.39 Å². The van der Waals surface area contributed by atoms with Gasteiger partial charge in [0.2, 0.25) is 0 Å². The molecule has 112 valence electrons. The van der Waals surface area contributed by atoms with Gasteiger partial charge in [0.05, 0.1) is 6.04 Å². The summed E-state index contributed by atoms with van der Waals surface area (Å²) < 4.78 is 13.8. The fourth-order valence-electron chi connectivity index (χ4n) is 2.63. The third kappa shape index (κ3) is 3.82. The molecule has 0 fully saturated rings. The fraction of sp³-hybridized carbons (Fsp3) is 0.294. The molecule has 0 aromatic heterocycles. The van der Waals surface area contributed by atoms with Crippen LogP contribution in [0.5, 0.6) is 0 Å². The van der Waals surface area contributed by atoms with Crippen molar-refractivity contribution in [1.82, 2.24) is 4.90 Å². The molecular weight excluding hydrogens is 287 g/mol. The molecule has 2 atom stereocenters. The summed E-state index contributed by atoms with van der Waals surface area (Å²) in [4.78, 5) is 2.03. The predicted octanol–water partition coefficient (Wildman–Crippen LogP) is 4.00. The van der Waals surface area contributed by atoms with E-state index in [2.05, 4.69) is 0 Å². The van der Waals surface area contributed by atoms with Crippen molar-refractivity contribution >= 4 is 11.6 Å². The minimum Gasteiger partial charge on any atom is -0.326 e. The van der Waals surface area contributed by atoms with Crippen molar-refractivity contribution in [2.75, 3.05) is 7.05 Å². The molecule has 2 rings (SSSR count). The first-order valence-electron chi connectivity index (χ1n) is 6.94. The van der Waals surface area contributed by atoms with E-state index in [1.807, 2.05) is 49.2 Å². The van der Waals surface area contributed by atoms with Gasteiger partial charge >= 0.3 is 0 Å². The van der Waals surface area contributed by atoms with Gasteiger partial charge < -0.3 is 5.73 Å². The molecule has 0 bridgehead atoms. The number of hydrogen-bond donors (Lipinski definition) is 1. The molecular formula is C17H20ClFN2. The maximum absolute atomic E-state index is 13.8. The number of nitrogens with zero attached hydrogens (tertiary/aromatic N) is 1. The summed E-state index contributed by atoms with van der Waals surface area (Å²) in [7, 11) is 1.93. The molecule has 21 heavy (non-hydrogen) atoms. The minimum atomic E-state index is -0.202. The lowest BCUT2D eigenvalue weighted by molar-refractivity contribution is 0.208. The zero-order chi connectivity index (χ0) is 15.4. The molecule has 0 saturated heterocycles. The summed E-state index contributed by atoms with van der Waals surface area (Å²) in [6.45, 7) is 2.41. The average Bonchev–Trinajstić information content (AvgIpc) is 2.43. The van der Waals surface area contributed by atoms with Crippen molar-refractivity contribution in [2.24, 2.45) is 5.73 Å². The monoisotopic (exact) mass is 306 g/mol. The molecule has 0 amide bonds. The van der Waals surface area contributed by atoms with Crippen LogP contribution < -0.4 is 5.73 Å². The van der Waals surface area contributed by atoms with Crippen LogP contribution in [0.1, 0.15) is 24.1 Å². The lowest BCUT2D eigenvalue weighted by atomic mass is 9.99. The second kappa shape index (κ2) is 7.03. The van der Waals surface area contributed by atoms with E-state index < -0.39 is 0 Å². The highest BCUT2D eigenvalue weighted by atomic mass is 35.5. The Morgan fingerprint density at radius 1 is 1.14 bits per heavy atom. The quantitative estimate of drug-likeness (QED) is 0.904. The summed E-state index contributed by atoms with van der Waals surface area (Å²) in [6, 6.07) is 14.2. The van der Waals surface area contributed by atoms with E-state index in [0.717, 1.165) is 5.56 Å². The summed E-state index contributed by atoms with van der Waals surface area (Å²) >= 11 is 6.29. The molecule has 2 aromatic carbocycles. The number of likely N-dealkylation sites (N-methyl/N-ethyl adjacent to an activating group) is 1. The van der Waals surface area contributed by atoms with Gasteiger partial charge in [0.25, 0.3) is 0 Å². The van der Waals surface area contributed by atoms with Crippen LogP contribution in [0.3, 0.4) is 0 Å². The first kappa shape index (κ1) is 16.0.